The zero-order valence-corrected chi connectivity index (χ0v) is 11.3. The highest BCUT2D eigenvalue weighted by Gasteiger charge is 2.45. The third kappa shape index (κ3) is 3.64. The van der Waals surface area contributed by atoms with Crippen molar-refractivity contribution >= 4 is 5.91 Å². The first-order valence-electron chi connectivity index (χ1n) is 6.50. The van der Waals surface area contributed by atoms with E-state index in [9.17, 15) is 15.0 Å². The number of ether oxygens (including phenoxy) is 1. The van der Waals surface area contributed by atoms with Crippen LogP contribution in [0.3, 0.4) is 0 Å². The van der Waals surface area contributed by atoms with Crippen molar-refractivity contribution in [3.8, 4) is 5.88 Å². The maximum atomic E-state index is 11.1. The van der Waals surface area contributed by atoms with Crippen LogP contribution in [0.5, 0.6) is 5.88 Å². The van der Waals surface area contributed by atoms with Crippen LogP contribution in [0.15, 0.2) is 18.6 Å². The van der Waals surface area contributed by atoms with Crippen LogP contribution in [0, 0.1) is 5.41 Å². The molecule has 1 heterocycles. The second-order valence-corrected chi connectivity index (χ2v) is 5.29. The van der Waals surface area contributed by atoms with Crippen molar-refractivity contribution in [2.24, 2.45) is 5.41 Å². The Morgan fingerprint density at radius 3 is 2.70 bits per heavy atom. The molecule has 1 aliphatic carbocycles. The van der Waals surface area contributed by atoms with Crippen LogP contribution in [-0.2, 0) is 4.79 Å². The first-order valence-corrected chi connectivity index (χ1v) is 6.50. The minimum absolute atomic E-state index is 0.153. The van der Waals surface area contributed by atoms with Gasteiger partial charge in [0.1, 0.15) is 0 Å². The summed E-state index contributed by atoms with van der Waals surface area (Å²) >= 11 is 0. The fraction of sp³-hybridized carbons (Fsp3) is 0.615. The van der Waals surface area contributed by atoms with Gasteiger partial charge in [0.2, 0.25) is 11.8 Å². The Labute approximate surface area is 117 Å². The molecule has 1 unspecified atom stereocenters. The lowest BCUT2D eigenvalue weighted by Crippen LogP contribution is -2.39. The number of carbonyl (C=O) groups excluding carboxylic acids is 1. The second-order valence-electron chi connectivity index (χ2n) is 5.29. The molecule has 0 aliphatic heterocycles. The van der Waals surface area contributed by atoms with Gasteiger partial charge in [0.15, 0.2) is 0 Å². The van der Waals surface area contributed by atoms with Crippen LogP contribution in [-0.4, -0.2) is 51.4 Å². The van der Waals surface area contributed by atoms with Gasteiger partial charge >= 0.3 is 0 Å². The lowest BCUT2D eigenvalue weighted by atomic mass is 9.86. The Morgan fingerprint density at radius 1 is 1.45 bits per heavy atom. The molecule has 0 spiro atoms. The van der Waals surface area contributed by atoms with E-state index in [2.05, 4.69) is 15.3 Å². The van der Waals surface area contributed by atoms with E-state index >= 15 is 0 Å². The molecular weight excluding hydrogens is 262 g/mol. The van der Waals surface area contributed by atoms with Gasteiger partial charge in [0, 0.05) is 31.3 Å². The van der Waals surface area contributed by atoms with Crippen LogP contribution in [0.2, 0.25) is 0 Å². The van der Waals surface area contributed by atoms with Crippen LogP contribution in [0.25, 0.3) is 0 Å². The van der Waals surface area contributed by atoms with Gasteiger partial charge in [-0.2, -0.15) is 0 Å². The lowest BCUT2D eigenvalue weighted by Gasteiger charge is -2.28. The first kappa shape index (κ1) is 14.7. The number of nitrogens with zero attached hydrogens (tertiary/aromatic N) is 2. The van der Waals surface area contributed by atoms with E-state index in [1.165, 1.54) is 19.3 Å². The molecule has 0 aromatic carbocycles. The zero-order valence-electron chi connectivity index (χ0n) is 11.3. The van der Waals surface area contributed by atoms with E-state index in [4.69, 9.17) is 4.74 Å². The molecule has 1 fully saturated rings. The zero-order chi connectivity index (χ0) is 14.6. The molecule has 7 nitrogen and oxygen atoms in total. The molecular formula is C13H19N3O4. The van der Waals surface area contributed by atoms with Gasteiger partial charge in [-0.3, -0.25) is 9.78 Å². The van der Waals surface area contributed by atoms with Crippen molar-refractivity contribution in [1.29, 1.82) is 0 Å². The normalized spacial score (nSPS) is 29.1. The maximum absolute atomic E-state index is 11.1. The number of aromatic nitrogens is 2. The van der Waals surface area contributed by atoms with E-state index in [0.29, 0.717) is 25.3 Å². The highest BCUT2D eigenvalue weighted by Crippen LogP contribution is 2.38. The highest BCUT2D eigenvalue weighted by molar-refractivity contribution is 5.72. The largest absolute Gasteiger partial charge is 0.476 e. The Hall–Kier alpha value is -1.73. The smallest absolute Gasteiger partial charge is 0.232 e. The highest BCUT2D eigenvalue weighted by atomic mass is 16.5. The molecule has 3 atom stereocenters. The fourth-order valence-corrected chi connectivity index (χ4v) is 2.45. The van der Waals surface area contributed by atoms with Crippen molar-refractivity contribution in [1.82, 2.24) is 15.3 Å². The molecule has 1 saturated carbocycles. The summed E-state index contributed by atoms with van der Waals surface area (Å²) in [6, 6.07) is 0. The molecule has 110 valence electrons. The van der Waals surface area contributed by atoms with Crippen molar-refractivity contribution in [2.45, 2.75) is 32.0 Å². The summed E-state index contributed by atoms with van der Waals surface area (Å²) < 4.78 is 5.58. The van der Waals surface area contributed by atoms with Crippen molar-refractivity contribution < 1.29 is 19.7 Å². The van der Waals surface area contributed by atoms with Crippen molar-refractivity contribution in [3.63, 3.8) is 0 Å². The van der Waals surface area contributed by atoms with E-state index in [1.54, 1.807) is 6.20 Å². The molecule has 0 saturated heterocycles. The summed E-state index contributed by atoms with van der Waals surface area (Å²) in [6.45, 7) is 2.02. The summed E-state index contributed by atoms with van der Waals surface area (Å²) in [5.74, 6) is 0.227. The molecule has 0 bridgehead atoms. The number of nitrogens with one attached hydrogen (secondary N) is 1. The minimum Gasteiger partial charge on any atom is -0.476 e. The second kappa shape index (κ2) is 6.15. The topological polar surface area (TPSA) is 105 Å². The minimum atomic E-state index is -0.797. The van der Waals surface area contributed by atoms with Gasteiger partial charge in [-0.05, 0) is 12.8 Å². The van der Waals surface area contributed by atoms with Gasteiger partial charge in [0.05, 0.1) is 25.0 Å². The van der Waals surface area contributed by atoms with Gasteiger partial charge in [0.25, 0.3) is 0 Å². The number of aliphatic hydroxyl groups is 2. The number of hydrogen-bond acceptors (Lipinski definition) is 6. The van der Waals surface area contributed by atoms with Crippen molar-refractivity contribution in [2.75, 3.05) is 13.2 Å². The van der Waals surface area contributed by atoms with E-state index in [0.717, 1.165) is 0 Å². The molecule has 2 rings (SSSR count). The Balaban J connectivity index is 2.01. The van der Waals surface area contributed by atoms with Gasteiger partial charge < -0.3 is 20.3 Å². The number of carbonyl (C=O) groups is 1. The van der Waals surface area contributed by atoms with Crippen LogP contribution in [0.1, 0.15) is 19.8 Å². The predicted molar refractivity (Wildman–Crippen MR) is 69.9 cm³/mol. The van der Waals surface area contributed by atoms with Gasteiger partial charge in [-0.25, -0.2) is 4.98 Å². The molecule has 3 N–H and O–H groups in total. The van der Waals surface area contributed by atoms with E-state index < -0.39 is 17.6 Å². The SMILES string of the molecule is CC(=O)NCC1(COc2cnccn2)C[C@@H](O)[C@@H](O)C1. The Bertz CT molecular complexity index is 444. The average Bonchev–Trinajstić information content (AvgIpc) is 2.72. The summed E-state index contributed by atoms with van der Waals surface area (Å²) in [5, 5.41) is 22.2. The van der Waals surface area contributed by atoms with Crippen LogP contribution < -0.4 is 10.1 Å². The predicted octanol–water partition coefficient (Wildman–Crippen LogP) is -0.507. The number of aliphatic hydroxyl groups excluding tert-OH is 2. The van der Waals surface area contributed by atoms with E-state index in [-0.39, 0.29) is 12.5 Å². The summed E-state index contributed by atoms with van der Waals surface area (Å²) in [7, 11) is 0. The molecule has 1 aromatic rings. The molecule has 7 heteroatoms. The lowest BCUT2D eigenvalue weighted by molar-refractivity contribution is -0.119. The van der Waals surface area contributed by atoms with Crippen LogP contribution in [0.4, 0.5) is 0 Å². The number of amides is 1. The number of rotatable bonds is 5. The monoisotopic (exact) mass is 281 g/mol. The fourth-order valence-electron chi connectivity index (χ4n) is 2.45. The number of hydrogen-bond donors (Lipinski definition) is 3. The maximum Gasteiger partial charge on any atom is 0.232 e. The molecule has 20 heavy (non-hydrogen) atoms. The van der Waals surface area contributed by atoms with Crippen molar-refractivity contribution in [3.05, 3.63) is 18.6 Å². The first-order chi connectivity index (χ1) is 9.51. The van der Waals surface area contributed by atoms with E-state index in [1.807, 2.05) is 0 Å². The molecule has 1 amide bonds. The average molecular weight is 281 g/mol. The molecule has 0 radical (unpaired) electrons. The summed E-state index contributed by atoms with van der Waals surface area (Å²) in [4.78, 5) is 19.0. The quantitative estimate of drug-likeness (QED) is 0.671. The third-order valence-corrected chi connectivity index (χ3v) is 3.51. The van der Waals surface area contributed by atoms with Gasteiger partial charge in [-0.15, -0.1) is 0 Å². The standard InChI is InChI=1S/C13H19N3O4/c1-9(17)16-7-13(4-10(18)11(19)5-13)8-20-12-6-14-2-3-15-12/h2-3,6,10-11,18-19H,4-5,7-8H2,1H3,(H,16,17)/t10-,11+,13?. The third-order valence-electron chi connectivity index (χ3n) is 3.51. The summed E-state index contributed by atoms with van der Waals surface area (Å²) in [6.07, 6.45) is 3.71. The Kier molecular flexibility index (Phi) is 4.51. The molecule has 1 aromatic heterocycles. The summed E-state index contributed by atoms with van der Waals surface area (Å²) in [5.41, 5.74) is -0.498. The van der Waals surface area contributed by atoms with Gasteiger partial charge in [-0.1, -0.05) is 0 Å². The van der Waals surface area contributed by atoms with Crippen LogP contribution >= 0.6 is 0 Å². The Morgan fingerprint density at radius 2 is 2.15 bits per heavy atom. The molecule has 1 aliphatic rings.